The molecule has 21 heavy (non-hydrogen) atoms. The van der Waals surface area contributed by atoms with Crippen LogP contribution in [-0.2, 0) is 10.0 Å². The molecule has 7 heteroatoms. The first-order valence-electron chi connectivity index (χ1n) is 5.96. The number of methoxy groups -OCH3 is 1. The lowest BCUT2D eigenvalue weighted by Gasteiger charge is -2.12. The van der Waals surface area contributed by atoms with Gasteiger partial charge >= 0.3 is 0 Å². The minimum absolute atomic E-state index is 0.149. The Morgan fingerprint density at radius 3 is 2.24 bits per heavy atom. The van der Waals surface area contributed by atoms with Gasteiger partial charge in [0, 0.05) is 6.07 Å². The number of halogens is 2. The summed E-state index contributed by atoms with van der Waals surface area (Å²) in [5.74, 6) is 0.375. The first-order chi connectivity index (χ1) is 9.83. The number of ether oxygens (including phenoxy) is 1. The summed E-state index contributed by atoms with van der Waals surface area (Å²) in [6.45, 7) is 1.88. The van der Waals surface area contributed by atoms with E-state index in [0.717, 1.165) is 5.56 Å². The van der Waals surface area contributed by atoms with Gasteiger partial charge in [-0.1, -0.05) is 40.9 Å². The van der Waals surface area contributed by atoms with Crippen LogP contribution in [0, 0.1) is 6.92 Å². The quantitative estimate of drug-likeness (QED) is 0.906. The van der Waals surface area contributed by atoms with Gasteiger partial charge in [0.15, 0.2) is 0 Å². The third kappa shape index (κ3) is 3.61. The van der Waals surface area contributed by atoms with E-state index < -0.39 is 10.0 Å². The number of hydrogen-bond acceptors (Lipinski definition) is 3. The number of sulfonamides is 1. The minimum atomic E-state index is -3.72. The van der Waals surface area contributed by atoms with E-state index in [4.69, 9.17) is 27.9 Å². The molecule has 0 aromatic heterocycles. The average Bonchev–Trinajstić information content (AvgIpc) is 2.42. The molecule has 4 nitrogen and oxygen atoms in total. The van der Waals surface area contributed by atoms with Crippen molar-refractivity contribution in [1.82, 2.24) is 0 Å². The predicted molar refractivity (Wildman–Crippen MR) is 85.0 cm³/mol. The van der Waals surface area contributed by atoms with Crippen molar-refractivity contribution in [1.29, 1.82) is 0 Å². The van der Waals surface area contributed by atoms with Gasteiger partial charge in [-0.15, -0.1) is 0 Å². The zero-order valence-corrected chi connectivity index (χ0v) is 13.7. The van der Waals surface area contributed by atoms with Crippen molar-refractivity contribution in [2.75, 3.05) is 11.8 Å². The van der Waals surface area contributed by atoms with Crippen LogP contribution in [0.5, 0.6) is 5.75 Å². The maximum Gasteiger partial charge on any atom is 0.261 e. The molecule has 2 aromatic rings. The molecule has 0 heterocycles. The van der Waals surface area contributed by atoms with Crippen LogP contribution in [0.4, 0.5) is 5.69 Å². The highest BCUT2D eigenvalue weighted by molar-refractivity contribution is 7.92. The van der Waals surface area contributed by atoms with E-state index in [0.29, 0.717) is 5.75 Å². The monoisotopic (exact) mass is 345 g/mol. The molecule has 0 saturated carbocycles. The smallest absolute Gasteiger partial charge is 0.261 e. The van der Waals surface area contributed by atoms with Gasteiger partial charge in [0.1, 0.15) is 5.75 Å². The van der Waals surface area contributed by atoms with Gasteiger partial charge in [-0.25, -0.2) is 8.42 Å². The fraction of sp³-hybridized carbons (Fsp3) is 0.143. The second-order valence-corrected chi connectivity index (χ2v) is 6.88. The Hall–Kier alpha value is -1.43. The SMILES string of the molecule is COc1cc(Cl)c(NS(=O)(=O)c2ccc(C)cc2)cc1Cl. The number of aryl methyl sites for hydroxylation is 1. The van der Waals surface area contributed by atoms with Gasteiger partial charge in [-0.05, 0) is 25.1 Å². The molecule has 0 spiro atoms. The van der Waals surface area contributed by atoms with Crippen LogP contribution >= 0.6 is 23.2 Å². The van der Waals surface area contributed by atoms with Crippen molar-refractivity contribution in [3.05, 3.63) is 52.0 Å². The predicted octanol–water partition coefficient (Wildman–Crippen LogP) is 4.11. The van der Waals surface area contributed by atoms with Crippen molar-refractivity contribution in [3.8, 4) is 5.75 Å². The number of anilines is 1. The Morgan fingerprint density at radius 2 is 1.67 bits per heavy atom. The summed E-state index contributed by atoms with van der Waals surface area (Å²) in [7, 11) is -2.27. The van der Waals surface area contributed by atoms with E-state index in [1.807, 2.05) is 6.92 Å². The summed E-state index contributed by atoms with van der Waals surface area (Å²) in [6, 6.07) is 9.35. The van der Waals surface area contributed by atoms with Gasteiger partial charge in [0.25, 0.3) is 10.0 Å². The summed E-state index contributed by atoms with van der Waals surface area (Å²) < 4.78 is 32.0. The normalized spacial score (nSPS) is 11.2. The Bertz CT molecular complexity index is 759. The Balaban J connectivity index is 2.37. The van der Waals surface area contributed by atoms with Crippen LogP contribution in [-0.4, -0.2) is 15.5 Å². The molecule has 0 aliphatic rings. The number of rotatable bonds is 4. The van der Waals surface area contributed by atoms with Gasteiger partial charge in [-0.2, -0.15) is 0 Å². The largest absolute Gasteiger partial charge is 0.495 e. The number of benzene rings is 2. The van der Waals surface area contributed by atoms with Crippen molar-refractivity contribution in [3.63, 3.8) is 0 Å². The van der Waals surface area contributed by atoms with Crippen LogP contribution in [0.3, 0.4) is 0 Å². The molecule has 0 amide bonds. The van der Waals surface area contributed by atoms with Crippen LogP contribution in [0.25, 0.3) is 0 Å². The first kappa shape index (κ1) is 15.9. The van der Waals surface area contributed by atoms with E-state index >= 15 is 0 Å². The van der Waals surface area contributed by atoms with Crippen LogP contribution in [0.1, 0.15) is 5.56 Å². The fourth-order valence-electron chi connectivity index (χ4n) is 1.68. The molecule has 0 saturated heterocycles. The Kier molecular flexibility index (Phi) is 4.66. The Morgan fingerprint density at radius 1 is 1.05 bits per heavy atom. The first-order valence-corrected chi connectivity index (χ1v) is 8.20. The summed E-state index contributed by atoms with van der Waals surface area (Å²) in [5, 5.41) is 0.468. The van der Waals surface area contributed by atoms with Crippen molar-refractivity contribution in [2.24, 2.45) is 0 Å². The summed E-state index contributed by atoms with van der Waals surface area (Å²) in [5.41, 5.74) is 1.17. The molecule has 112 valence electrons. The summed E-state index contributed by atoms with van der Waals surface area (Å²) in [4.78, 5) is 0.149. The molecule has 0 bridgehead atoms. The van der Waals surface area contributed by atoms with Gasteiger partial charge in [0.2, 0.25) is 0 Å². The minimum Gasteiger partial charge on any atom is -0.495 e. The zero-order chi connectivity index (χ0) is 15.6. The third-order valence-corrected chi connectivity index (χ3v) is 4.81. The van der Waals surface area contributed by atoms with Gasteiger partial charge < -0.3 is 4.74 Å². The molecule has 0 unspecified atom stereocenters. The highest BCUT2D eigenvalue weighted by atomic mass is 35.5. The molecule has 0 atom stereocenters. The van der Waals surface area contributed by atoms with Crippen LogP contribution in [0.15, 0.2) is 41.3 Å². The molecule has 0 radical (unpaired) electrons. The van der Waals surface area contributed by atoms with E-state index in [1.165, 1.54) is 31.4 Å². The van der Waals surface area contributed by atoms with Crippen molar-refractivity contribution in [2.45, 2.75) is 11.8 Å². The zero-order valence-electron chi connectivity index (χ0n) is 11.4. The van der Waals surface area contributed by atoms with Crippen molar-refractivity contribution < 1.29 is 13.2 Å². The standard InChI is InChI=1S/C14H13Cl2NO3S/c1-9-3-5-10(6-4-9)21(18,19)17-13-7-12(16)14(20-2)8-11(13)15/h3-8,17H,1-2H3. The second kappa shape index (κ2) is 6.13. The van der Waals surface area contributed by atoms with Gasteiger partial charge in [-0.3, -0.25) is 4.72 Å². The fourth-order valence-corrected chi connectivity index (χ4v) is 3.25. The molecule has 0 fully saturated rings. The summed E-state index contributed by atoms with van der Waals surface area (Å²) in [6.07, 6.45) is 0. The van der Waals surface area contributed by atoms with Gasteiger partial charge in [0.05, 0.1) is 27.7 Å². The van der Waals surface area contributed by atoms with E-state index in [2.05, 4.69) is 4.72 Å². The lowest BCUT2D eigenvalue weighted by molar-refractivity contribution is 0.415. The highest BCUT2D eigenvalue weighted by Gasteiger charge is 2.17. The van der Waals surface area contributed by atoms with Crippen molar-refractivity contribution >= 4 is 38.9 Å². The van der Waals surface area contributed by atoms with E-state index in [9.17, 15) is 8.42 Å². The molecule has 1 N–H and O–H groups in total. The molecule has 2 aromatic carbocycles. The number of hydrogen-bond donors (Lipinski definition) is 1. The maximum atomic E-state index is 12.3. The molecule has 2 rings (SSSR count). The third-order valence-electron chi connectivity index (χ3n) is 2.82. The summed E-state index contributed by atoms with van der Waals surface area (Å²) >= 11 is 12.0. The van der Waals surface area contributed by atoms with Crippen LogP contribution < -0.4 is 9.46 Å². The molecular weight excluding hydrogens is 333 g/mol. The Labute approximate surface area is 133 Å². The molecule has 0 aliphatic heterocycles. The lowest BCUT2D eigenvalue weighted by atomic mass is 10.2. The highest BCUT2D eigenvalue weighted by Crippen LogP contribution is 2.35. The van der Waals surface area contributed by atoms with E-state index in [1.54, 1.807) is 12.1 Å². The van der Waals surface area contributed by atoms with Crippen LogP contribution in [0.2, 0.25) is 10.0 Å². The second-order valence-electron chi connectivity index (χ2n) is 4.39. The topological polar surface area (TPSA) is 55.4 Å². The average molecular weight is 346 g/mol. The molecular formula is C14H13Cl2NO3S. The molecule has 0 aliphatic carbocycles. The lowest BCUT2D eigenvalue weighted by Crippen LogP contribution is -2.13. The number of nitrogens with one attached hydrogen (secondary N) is 1. The van der Waals surface area contributed by atoms with E-state index in [-0.39, 0.29) is 20.6 Å². The maximum absolute atomic E-state index is 12.3.